The Hall–Kier alpha value is -0.830. The van der Waals surface area contributed by atoms with Crippen LogP contribution in [0.3, 0.4) is 0 Å². The molecule has 2 nitrogen and oxygen atoms in total. The summed E-state index contributed by atoms with van der Waals surface area (Å²) in [7, 11) is 0. The molecule has 1 aromatic rings. The summed E-state index contributed by atoms with van der Waals surface area (Å²) in [6, 6.07) is 6.69. The normalized spacial score (nSPS) is 30.7. The fraction of sp³-hybridized carbons (Fsp3) is 0.500. The molecule has 1 heterocycles. The number of piperidine rings is 1. The van der Waals surface area contributed by atoms with Gasteiger partial charge < -0.3 is 5.32 Å². The van der Waals surface area contributed by atoms with E-state index in [0.29, 0.717) is 6.42 Å². The lowest BCUT2D eigenvalue weighted by Crippen LogP contribution is -2.43. The van der Waals surface area contributed by atoms with E-state index in [1.165, 1.54) is 11.1 Å². The molecule has 3 heteroatoms. The Morgan fingerprint density at radius 1 is 1.53 bits per heavy atom. The van der Waals surface area contributed by atoms with Crippen LogP contribution in [-0.2, 0) is 11.2 Å². The van der Waals surface area contributed by atoms with Crippen LogP contribution < -0.4 is 5.32 Å². The first-order valence-corrected chi connectivity index (χ1v) is 7.02. The zero-order valence-electron chi connectivity index (χ0n) is 9.92. The highest BCUT2D eigenvalue weighted by Crippen LogP contribution is 2.53. The molecule has 1 N–H and O–H groups in total. The standard InChI is InChI=1S/C14H16BrNO/c1-2-14-6-5-12(17)16-13(14)11-7-10(15)4-3-9(11)8-14/h3-4,7,13H,2,5-6,8H2,1H3,(H,16,17)/t13-,14+/m0/s1. The van der Waals surface area contributed by atoms with Crippen molar-refractivity contribution in [3.63, 3.8) is 0 Å². The SMILES string of the molecule is CC[C@]12CCC(=O)N[C@H]1c1cc(Br)ccc1C2. The van der Waals surface area contributed by atoms with Gasteiger partial charge in [-0.2, -0.15) is 0 Å². The molecular formula is C14H16BrNO. The lowest BCUT2D eigenvalue weighted by molar-refractivity contribution is -0.126. The molecule has 0 radical (unpaired) electrons. The van der Waals surface area contributed by atoms with E-state index in [-0.39, 0.29) is 17.4 Å². The van der Waals surface area contributed by atoms with Crippen molar-refractivity contribution < 1.29 is 4.79 Å². The van der Waals surface area contributed by atoms with Crippen LogP contribution in [0, 0.1) is 5.41 Å². The minimum Gasteiger partial charge on any atom is -0.349 e. The molecule has 90 valence electrons. The fourth-order valence-electron chi connectivity index (χ4n) is 3.37. The van der Waals surface area contributed by atoms with E-state index in [4.69, 9.17) is 0 Å². The highest BCUT2D eigenvalue weighted by atomic mass is 79.9. The highest BCUT2D eigenvalue weighted by molar-refractivity contribution is 9.10. The first kappa shape index (κ1) is 11.3. The molecule has 1 aromatic carbocycles. The van der Waals surface area contributed by atoms with Gasteiger partial charge in [0.2, 0.25) is 5.91 Å². The van der Waals surface area contributed by atoms with E-state index in [0.717, 1.165) is 23.7 Å². The maximum absolute atomic E-state index is 11.6. The van der Waals surface area contributed by atoms with Crippen molar-refractivity contribution in [3.05, 3.63) is 33.8 Å². The van der Waals surface area contributed by atoms with E-state index in [9.17, 15) is 4.79 Å². The van der Waals surface area contributed by atoms with Crippen LogP contribution in [-0.4, -0.2) is 5.91 Å². The van der Waals surface area contributed by atoms with Crippen molar-refractivity contribution in [2.45, 2.75) is 38.6 Å². The Morgan fingerprint density at radius 3 is 3.12 bits per heavy atom. The summed E-state index contributed by atoms with van der Waals surface area (Å²) in [6.45, 7) is 2.24. The number of halogens is 1. The van der Waals surface area contributed by atoms with Gasteiger partial charge in [0.15, 0.2) is 0 Å². The molecule has 3 rings (SSSR count). The quantitative estimate of drug-likeness (QED) is 0.845. The number of nitrogens with one attached hydrogen (secondary N) is 1. The van der Waals surface area contributed by atoms with Crippen LogP contribution in [0.4, 0.5) is 0 Å². The van der Waals surface area contributed by atoms with Crippen molar-refractivity contribution in [3.8, 4) is 0 Å². The van der Waals surface area contributed by atoms with Crippen LogP contribution in [0.2, 0.25) is 0 Å². The predicted molar refractivity (Wildman–Crippen MR) is 70.7 cm³/mol. The van der Waals surface area contributed by atoms with E-state index in [2.05, 4.69) is 46.4 Å². The van der Waals surface area contributed by atoms with Gasteiger partial charge in [-0.3, -0.25) is 4.79 Å². The van der Waals surface area contributed by atoms with Gasteiger partial charge in [0.1, 0.15) is 0 Å². The topological polar surface area (TPSA) is 29.1 Å². The second kappa shape index (κ2) is 3.84. The predicted octanol–water partition coefficient (Wildman–Crippen LogP) is 3.35. The number of rotatable bonds is 1. The van der Waals surface area contributed by atoms with Crippen LogP contribution in [0.5, 0.6) is 0 Å². The van der Waals surface area contributed by atoms with Crippen LogP contribution in [0.1, 0.15) is 43.4 Å². The molecule has 0 bridgehead atoms. The second-order valence-electron chi connectivity index (χ2n) is 5.24. The number of hydrogen-bond donors (Lipinski definition) is 1. The lowest BCUT2D eigenvalue weighted by atomic mass is 9.72. The zero-order valence-corrected chi connectivity index (χ0v) is 11.5. The summed E-state index contributed by atoms with van der Waals surface area (Å²) in [4.78, 5) is 11.6. The second-order valence-corrected chi connectivity index (χ2v) is 6.15. The van der Waals surface area contributed by atoms with Gasteiger partial charge >= 0.3 is 0 Å². The summed E-state index contributed by atoms with van der Waals surface area (Å²) in [5.41, 5.74) is 2.98. The Bertz CT molecular complexity index is 485. The molecule has 0 aromatic heterocycles. The van der Waals surface area contributed by atoms with Gasteiger partial charge in [0, 0.05) is 10.9 Å². The monoisotopic (exact) mass is 293 g/mol. The van der Waals surface area contributed by atoms with Crippen molar-refractivity contribution in [2.75, 3.05) is 0 Å². The molecule has 0 saturated carbocycles. The molecule has 17 heavy (non-hydrogen) atoms. The minimum atomic E-state index is 0.201. The molecule has 0 spiro atoms. The van der Waals surface area contributed by atoms with Gasteiger partial charge in [-0.05, 0) is 47.9 Å². The summed E-state index contributed by atoms with van der Waals surface area (Å²) in [5, 5.41) is 3.19. The summed E-state index contributed by atoms with van der Waals surface area (Å²) in [6.07, 6.45) is 3.94. The Balaban J connectivity index is 2.08. The van der Waals surface area contributed by atoms with E-state index in [1.54, 1.807) is 0 Å². The average Bonchev–Trinajstić information content (AvgIpc) is 2.64. The number of carbonyl (C=O) groups is 1. The first-order valence-electron chi connectivity index (χ1n) is 6.22. The summed E-state index contributed by atoms with van der Waals surface area (Å²) < 4.78 is 1.10. The van der Waals surface area contributed by atoms with Gasteiger partial charge in [-0.15, -0.1) is 0 Å². The van der Waals surface area contributed by atoms with Gasteiger partial charge in [-0.25, -0.2) is 0 Å². The largest absolute Gasteiger partial charge is 0.349 e. The molecule has 2 atom stereocenters. The lowest BCUT2D eigenvalue weighted by Gasteiger charge is -2.39. The van der Waals surface area contributed by atoms with Crippen LogP contribution in [0.25, 0.3) is 0 Å². The third-order valence-corrected chi connectivity index (χ3v) is 4.93. The van der Waals surface area contributed by atoms with Crippen molar-refractivity contribution in [2.24, 2.45) is 5.41 Å². The van der Waals surface area contributed by atoms with Crippen LogP contribution in [0.15, 0.2) is 22.7 Å². The number of carbonyl (C=O) groups excluding carboxylic acids is 1. The number of amides is 1. The molecule has 0 unspecified atom stereocenters. The maximum Gasteiger partial charge on any atom is 0.220 e. The molecule has 1 saturated heterocycles. The smallest absolute Gasteiger partial charge is 0.220 e. The van der Waals surface area contributed by atoms with Crippen molar-refractivity contribution >= 4 is 21.8 Å². The zero-order chi connectivity index (χ0) is 12.0. The minimum absolute atomic E-state index is 0.201. The average molecular weight is 294 g/mol. The number of hydrogen-bond acceptors (Lipinski definition) is 1. The molecular weight excluding hydrogens is 278 g/mol. The third-order valence-electron chi connectivity index (χ3n) is 4.43. The maximum atomic E-state index is 11.6. The number of benzene rings is 1. The number of fused-ring (bicyclic) bond motifs is 3. The van der Waals surface area contributed by atoms with Crippen LogP contribution >= 0.6 is 15.9 Å². The molecule has 1 amide bonds. The molecule has 1 fully saturated rings. The summed E-state index contributed by atoms with van der Waals surface area (Å²) in [5.74, 6) is 0.201. The summed E-state index contributed by atoms with van der Waals surface area (Å²) >= 11 is 3.52. The van der Waals surface area contributed by atoms with E-state index >= 15 is 0 Å². The third kappa shape index (κ3) is 1.63. The molecule has 1 aliphatic carbocycles. The first-order chi connectivity index (χ1) is 8.14. The molecule has 1 aliphatic heterocycles. The van der Waals surface area contributed by atoms with E-state index < -0.39 is 0 Å². The van der Waals surface area contributed by atoms with Gasteiger partial charge in [-0.1, -0.05) is 28.9 Å². The van der Waals surface area contributed by atoms with Gasteiger partial charge in [0.25, 0.3) is 0 Å². The Kier molecular flexibility index (Phi) is 2.54. The van der Waals surface area contributed by atoms with Gasteiger partial charge in [0.05, 0.1) is 6.04 Å². The Morgan fingerprint density at radius 2 is 2.35 bits per heavy atom. The molecule has 2 aliphatic rings. The van der Waals surface area contributed by atoms with Crippen molar-refractivity contribution in [1.29, 1.82) is 0 Å². The fourth-order valence-corrected chi connectivity index (χ4v) is 3.75. The Labute approximate surface area is 110 Å². The highest BCUT2D eigenvalue weighted by Gasteiger charge is 2.47. The van der Waals surface area contributed by atoms with Crippen molar-refractivity contribution in [1.82, 2.24) is 5.32 Å². The van der Waals surface area contributed by atoms with E-state index in [1.807, 2.05) is 0 Å².